The Morgan fingerprint density at radius 3 is 3.00 bits per heavy atom. The molecule has 1 aromatic carbocycles. The third-order valence-corrected chi connectivity index (χ3v) is 1.87. The van der Waals surface area contributed by atoms with Gasteiger partial charge in [0.25, 0.3) is 0 Å². The van der Waals surface area contributed by atoms with E-state index in [1.54, 1.807) is 6.20 Å². The lowest BCUT2D eigenvalue weighted by Gasteiger charge is -1.95. The number of hydrogen-bond donors (Lipinski definition) is 1. The second-order valence-corrected chi connectivity index (χ2v) is 2.90. The molecule has 2 heteroatoms. The number of hydrogen-bond acceptors (Lipinski definition) is 2. The number of thiol groups is 1. The minimum absolute atomic E-state index is 0.955. The quantitative estimate of drug-likeness (QED) is 0.586. The summed E-state index contributed by atoms with van der Waals surface area (Å²) in [5.41, 5.74) is 1.00. The average Bonchev–Trinajstić information content (AvgIpc) is 2.04. The van der Waals surface area contributed by atoms with E-state index in [2.05, 4.69) is 17.6 Å². The van der Waals surface area contributed by atoms with Crippen LogP contribution >= 0.6 is 12.6 Å². The zero-order valence-electron chi connectivity index (χ0n) is 5.86. The van der Waals surface area contributed by atoms with E-state index in [0.717, 1.165) is 15.8 Å². The second-order valence-electron chi connectivity index (χ2n) is 2.38. The van der Waals surface area contributed by atoms with Gasteiger partial charge in [-0.05, 0) is 18.2 Å². The summed E-state index contributed by atoms with van der Waals surface area (Å²) in [5, 5.41) is 1.16. The molecule has 0 atom stereocenters. The highest BCUT2D eigenvalue weighted by Gasteiger charge is 1.91. The van der Waals surface area contributed by atoms with E-state index in [0.29, 0.717) is 0 Å². The van der Waals surface area contributed by atoms with Gasteiger partial charge in [-0.1, -0.05) is 12.1 Å². The molecule has 1 heterocycles. The lowest BCUT2D eigenvalue weighted by molar-refractivity contribution is 1.38. The third kappa shape index (κ3) is 1.21. The molecule has 0 N–H and O–H groups in total. The largest absolute Gasteiger partial charge is 0.256 e. The molecule has 0 aliphatic rings. The summed E-state index contributed by atoms with van der Waals surface area (Å²) in [6.45, 7) is 0. The lowest BCUT2D eigenvalue weighted by atomic mass is 10.2. The minimum Gasteiger partial charge on any atom is -0.256 e. The summed E-state index contributed by atoms with van der Waals surface area (Å²) in [6.07, 6.45) is 1.79. The first-order valence-electron chi connectivity index (χ1n) is 3.40. The van der Waals surface area contributed by atoms with E-state index >= 15 is 0 Å². The van der Waals surface area contributed by atoms with Crippen molar-refractivity contribution in [2.45, 2.75) is 4.90 Å². The predicted octanol–water partition coefficient (Wildman–Crippen LogP) is 2.52. The van der Waals surface area contributed by atoms with Crippen LogP contribution in [0.2, 0.25) is 0 Å². The van der Waals surface area contributed by atoms with Crippen LogP contribution in [-0.2, 0) is 0 Å². The lowest BCUT2D eigenvalue weighted by Crippen LogP contribution is -1.75. The normalized spacial score (nSPS) is 10.3. The van der Waals surface area contributed by atoms with E-state index < -0.39 is 0 Å². The first kappa shape index (κ1) is 6.68. The number of aromatic nitrogens is 1. The summed E-state index contributed by atoms with van der Waals surface area (Å²) >= 11 is 4.22. The Hall–Kier alpha value is -1.02. The van der Waals surface area contributed by atoms with Crippen LogP contribution < -0.4 is 0 Å². The Balaban J connectivity index is 2.83. The molecule has 1 nitrogen and oxygen atoms in total. The van der Waals surface area contributed by atoms with Crippen LogP contribution in [-0.4, -0.2) is 4.98 Å². The monoisotopic (exact) mass is 161 g/mol. The van der Waals surface area contributed by atoms with Gasteiger partial charge in [0.05, 0.1) is 5.52 Å². The molecular weight excluding hydrogens is 154 g/mol. The molecule has 0 aliphatic carbocycles. The maximum Gasteiger partial charge on any atom is 0.0712 e. The molecular formula is C9H7NS. The minimum atomic E-state index is 0.955. The Kier molecular flexibility index (Phi) is 1.55. The molecule has 0 aliphatic heterocycles. The van der Waals surface area contributed by atoms with Crippen LogP contribution in [0.25, 0.3) is 10.9 Å². The highest BCUT2D eigenvalue weighted by atomic mass is 32.1. The van der Waals surface area contributed by atoms with Crippen molar-refractivity contribution >= 4 is 23.5 Å². The summed E-state index contributed by atoms with van der Waals surface area (Å²) in [6, 6.07) is 9.91. The molecule has 0 saturated carbocycles. The number of pyridine rings is 1. The molecule has 0 fully saturated rings. The van der Waals surface area contributed by atoms with Crippen molar-refractivity contribution in [2.75, 3.05) is 0 Å². The average molecular weight is 161 g/mol. The maximum absolute atomic E-state index is 4.22. The molecule has 0 bridgehead atoms. The van der Waals surface area contributed by atoms with Gasteiger partial charge in [-0.25, -0.2) is 0 Å². The van der Waals surface area contributed by atoms with E-state index in [9.17, 15) is 0 Å². The van der Waals surface area contributed by atoms with Gasteiger partial charge in [0, 0.05) is 16.5 Å². The van der Waals surface area contributed by atoms with Crippen molar-refractivity contribution in [1.29, 1.82) is 0 Å². The zero-order valence-corrected chi connectivity index (χ0v) is 6.75. The van der Waals surface area contributed by atoms with E-state index in [1.807, 2.05) is 30.3 Å². The Bertz CT molecular complexity index is 384. The van der Waals surface area contributed by atoms with Crippen molar-refractivity contribution in [2.24, 2.45) is 0 Å². The van der Waals surface area contributed by atoms with Gasteiger partial charge in [-0.2, -0.15) is 0 Å². The number of nitrogens with zero attached hydrogens (tertiary/aromatic N) is 1. The summed E-state index contributed by atoms with van der Waals surface area (Å²) < 4.78 is 0. The predicted molar refractivity (Wildman–Crippen MR) is 49.0 cm³/mol. The summed E-state index contributed by atoms with van der Waals surface area (Å²) in [7, 11) is 0. The van der Waals surface area contributed by atoms with Gasteiger partial charge in [-0.15, -0.1) is 12.6 Å². The number of benzene rings is 1. The highest BCUT2D eigenvalue weighted by molar-refractivity contribution is 7.80. The first-order chi connectivity index (χ1) is 5.36. The van der Waals surface area contributed by atoms with Crippen molar-refractivity contribution in [3.8, 4) is 0 Å². The van der Waals surface area contributed by atoms with Crippen LogP contribution in [0.15, 0.2) is 41.4 Å². The van der Waals surface area contributed by atoms with Gasteiger partial charge in [-0.3, -0.25) is 4.98 Å². The van der Waals surface area contributed by atoms with Crippen LogP contribution in [0.1, 0.15) is 0 Å². The molecule has 0 spiro atoms. The molecule has 2 rings (SSSR count). The van der Waals surface area contributed by atoms with Crippen LogP contribution in [0.5, 0.6) is 0 Å². The zero-order chi connectivity index (χ0) is 7.68. The fourth-order valence-electron chi connectivity index (χ4n) is 1.05. The number of fused-ring (bicyclic) bond motifs is 1. The van der Waals surface area contributed by atoms with Gasteiger partial charge < -0.3 is 0 Å². The van der Waals surface area contributed by atoms with Gasteiger partial charge >= 0.3 is 0 Å². The molecule has 54 valence electrons. The Morgan fingerprint density at radius 1 is 1.18 bits per heavy atom. The molecule has 0 saturated heterocycles. The van der Waals surface area contributed by atoms with E-state index in [4.69, 9.17) is 0 Å². The number of rotatable bonds is 0. The highest BCUT2D eigenvalue weighted by Crippen LogP contribution is 2.14. The fraction of sp³-hybridized carbons (Fsp3) is 0. The van der Waals surface area contributed by atoms with Gasteiger partial charge in [0.15, 0.2) is 0 Å². The van der Waals surface area contributed by atoms with Crippen LogP contribution in [0.4, 0.5) is 0 Å². The molecule has 0 unspecified atom stereocenters. The SMILES string of the molecule is Sc1ccc2cccnc2c1. The van der Waals surface area contributed by atoms with Gasteiger partial charge in [0.1, 0.15) is 0 Å². The molecule has 0 amide bonds. The van der Waals surface area contributed by atoms with E-state index in [-0.39, 0.29) is 0 Å². The molecule has 11 heavy (non-hydrogen) atoms. The summed E-state index contributed by atoms with van der Waals surface area (Å²) in [5.74, 6) is 0. The summed E-state index contributed by atoms with van der Waals surface area (Å²) in [4.78, 5) is 5.15. The van der Waals surface area contributed by atoms with Crippen LogP contribution in [0.3, 0.4) is 0 Å². The van der Waals surface area contributed by atoms with E-state index in [1.165, 1.54) is 0 Å². The van der Waals surface area contributed by atoms with Gasteiger partial charge in [0.2, 0.25) is 0 Å². The molecule has 0 radical (unpaired) electrons. The fourth-order valence-corrected chi connectivity index (χ4v) is 1.25. The Labute approximate surface area is 70.5 Å². The Morgan fingerprint density at radius 2 is 2.09 bits per heavy atom. The maximum atomic E-state index is 4.22. The standard InChI is InChI=1S/C9H7NS/c11-8-4-3-7-2-1-5-10-9(7)6-8/h1-6,11H. The second kappa shape index (κ2) is 2.55. The molecule has 2 aromatic rings. The van der Waals surface area contributed by atoms with Crippen LogP contribution in [0, 0.1) is 0 Å². The van der Waals surface area contributed by atoms with Crippen molar-refractivity contribution in [1.82, 2.24) is 4.98 Å². The van der Waals surface area contributed by atoms with Crippen molar-refractivity contribution in [3.63, 3.8) is 0 Å². The molecule has 1 aromatic heterocycles. The topological polar surface area (TPSA) is 12.9 Å². The third-order valence-electron chi connectivity index (χ3n) is 1.59. The smallest absolute Gasteiger partial charge is 0.0712 e. The van der Waals surface area contributed by atoms with Crippen molar-refractivity contribution in [3.05, 3.63) is 36.5 Å². The van der Waals surface area contributed by atoms with Crippen molar-refractivity contribution < 1.29 is 0 Å². The first-order valence-corrected chi connectivity index (χ1v) is 3.85.